The van der Waals surface area contributed by atoms with E-state index in [1.54, 1.807) is 19.9 Å². The van der Waals surface area contributed by atoms with E-state index in [1.807, 2.05) is 20.8 Å². The number of carbonyl (C=O) groups excluding carboxylic acids is 1. The number of fused-ring (bicyclic) bond motifs is 5. The number of aliphatic hydroxyl groups is 4. The highest BCUT2D eigenvalue weighted by atomic mass is 31.2. The third-order valence-electron chi connectivity index (χ3n) is 10.6. The number of hydrogen-bond acceptors (Lipinski definition) is 7. The van der Waals surface area contributed by atoms with Crippen LogP contribution in [0.3, 0.4) is 0 Å². The molecular formula is C27H45O9P. The van der Waals surface area contributed by atoms with Gasteiger partial charge in [-0.25, -0.2) is 4.57 Å². The van der Waals surface area contributed by atoms with E-state index in [-0.39, 0.29) is 30.5 Å². The van der Waals surface area contributed by atoms with Crippen LogP contribution >= 0.6 is 7.82 Å². The Balaban J connectivity index is 1.63. The van der Waals surface area contributed by atoms with Crippen LogP contribution in [0.4, 0.5) is 0 Å². The van der Waals surface area contributed by atoms with Crippen LogP contribution in [-0.4, -0.2) is 65.0 Å². The normalized spacial score (nSPS) is 43.9. The second kappa shape index (κ2) is 9.20. The zero-order chi connectivity index (χ0) is 27.8. The third kappa shape index (κ3) is 5.04. The summed E-state index contributed by atoms with van der Waals surface area (Å²) in [5, 5.41) is 44.5. The van der Waals surface area contributed by atoms with Crippen LogP contribution in [0.15, 0.2) is 11.6 Å². The van der Waals surface area contributed by atoms with Crippen molar-refractivity contribution in [2.45, 2.75) is 121 Å². The fourth-order valence-electron chi connectivity index (χ4n) is 8.68. The van der Waals surface area contributed by atoms with E-state index in [2.05, 4.69) is 0 Å². The minimum Gasteiger partial charge on any atom is -0.390 e. The maximum Gasteiger partial charge on any atom is 0.469 e. The standard InChI is InChI=1S/C27H45O9P/c1-23(2,30)9-6-10-26(5,31)22-8-12-27(32)17-13-19(28)18-14-20(29)21(36-37(33,34)35)15-24(18,3)16(17)7-11-25(22,27)4/h13,16,18,20-22,29-32H,6-12,14-15H2,1-5H3,(H2,33,34,35)/t16?,18?,20-,21-,22-,24+,25+,26+,27+/m0/s1. The van der Waals surface area contributed by atoms with Crippen molar-refractivity contribution in [2.75, 3.05) is 0 Å². The lowest BCUT2D eigenvalue weighted by molar-refractivity contribution is -0.159. The average Bonchev–Trinajstić information content (AvgIpc) is 3.00. The Bertz CT molecular complexity index is 996. The van der Waals surface area contributed by atoms with Crippen LogP contribution in [0.5, 0.6) is 0 Å². The van der Waals surface area contributed by atoms with Gasteiger partial charge in [0.2, 0.25) is 0 Å². The molecule has 4 aliphatic rings. The molecule has 0 spiro atoms. The number of aliphatic hydroxyl groups excluding tert-OH is 1. The van der Waals surface area contributed by atoms with E-state index in [9.17, 15) is 39.6 Å². The van der Waals surface area contributed by atoms with Gasteiger partial charge in [0.25, 0.3) is 0 Å². The number of allylic oxidation sites excluding steroid dienone is 1. The highest BCUT2D eigenvalue weighted by Crippen LogP contribution is 2.69. The predicted octanol–water partition coefficient (Wildman–Crippen LogP) is 3.00. The average molecular weight is 545 g/mol. The number of ketones is 1. The molecule has 4 aliphatic carbocycles. The van der Waals surface area contributed by atoms with Gasteiger partial charge in [-0.15, -0.1) is 0 Å². The maximum absolute atomic E-state index is 13.4. The molecule has 0 aromatic heterocycles. The summed E-state index contributed by atoms with van der Waals surface area (Å²) in [6.45, 7) is 9.24. The quantitative estimate of drug-likeness (QED) is 0.264. The van der Waals surface area contributed by atoms with Gasteiger partial charge in [-0.05, 0) is 107 Å². The van der Waals surface area contributed by atoms with Gasteiger partial charge in [0.1, 0.15) is 0 Å². The molecule has 0 aromatic rings. The van der Waals surface area contributed by atoms with Crippen molar-refractivity contribution < 1.29 is 44.1 Å². The van der Waals surface area contributed by atoms with Gasteiger partial charge in [0.05, 0.1) is 29.0 Å². The molecule has 0 bridgehead atoms. The number of hydrogen-bond donors (Lipinski definition) is 6. The van der Waals surface area contributed by atoms with E-state index in [0.717, 1.165) is 0 Å². The van der Waals surface area contributed by atoms with Crippen LogP contribution in [0, 0.1) is 28.6 Å². The Kier molecular flexibility index (Phi) is 7.30. The molecule has 10 heteroatoms. The first-order valence-corrected chi connectivity index (χ1v) is 15.1. The highest BCUT2D eigenvalue weighted by Gasteiger charge is 2.68. The number of rotatable bonds is 7. The van der Waals surface area contributed by atoms with Crippen LogP contribution in [0.2, 0.25) is 0 Å². The molecule has 0 aliphatic heterocycles. The van der Waals surface area contributed by atoms with Crippen LogP contribution in [0.1, 0.15) is 92.4 Å². The lowest BCUT2D eigenvalue weighted by Crippen LogP contribution is -2.62. The van der Waals surface area contributed by atoms with Crippen molar-refractivity contribution in [3.8, 4) is 0 Å². The van der Waals surface area contributed by atoms with E-state index in [1.165, 1.54) is 0 Å². The van der Waals surface area contributed by atoms with Gasteiger partial charge < -0.3 is 30.2 Å². The Morgan fingerprint density at radius 1 is 1.08 bits per heavy atom. The van der Waals surface area contributed by atoms with Crippen molar-refractivity contribution in [1.29, 1.82) is 0 Å². The SMILES string of the molecule is CC(C)(O)CCC[C@@](C)(O)[C@H]1CC[C@@]2(O)C3=CC(=O)C4C[C@H](O)[C@@H](OP(=O)(O)O)C[C@]4(C)C3CC[C@]12C. The number of carbonyl (C=O) groups is 1. The molecule has 6 N–H and O–H groups in total. The van der Waals surface area contributed by atoms with Gasteiger partial charge in [-0.2, -0.15) is 0 Å². The molecule has 2 unspecified atom stereocenters. The second-order valence-corrected chi connectivity index (χ2v) is 14.9. The van der Waals surface area contributed by atoms with E-state index in [4.69, 9.17) is 4.52 Å². The van der Waals surface area contributed by atoms with Crippen molar-refractivity contribution >= 4 is 13.6 Å². The number of phosphoric ester groups is 1. The monoisotopic (exact) mass is 544 g/mol. The summed E-state index contributed by atoms with van der Waals surface area (Å²) in [6, 6.07) is 0. The van der Waals surface area contributed by atoms with Gasteiger partial charge in [0.15, 0.2) is 5.78 Å². The molecule has 0 aromatic carbocycles. The molecule has 0 saturated heterocycles. The summed E-state index contributed by atoms with van der Waals surface area (Å²) < 4.78 is 16.5. The topological polar surface area (TPSA) is 165 Å². The molecular weight excluding hydrogens is 499 g/mol. The minimum atomic E-state index is -4.84. The second-order valence-electron chi connectivity index (χ2n) is 13.7. The van der Waals surface area contributed by atoms with Crippen molar-refractivity contribution in [2.24, 2.45) is 28.6 Å². The molecule has 37 heavy (non-hydrogen) atoms. The first kappa shape index (κ1) is 29.3. The Labute approximate surface area is 219 Å². The fraction of sp³-hybridized carbons (Fsp3) is 0.889. The largest absolute Gasteiger partial charge is 0.469 e. The van der Waals surface area contributed by atoms with Gasteiger partial charge >= 0.3 is 7.82 Å². The van der Waals surface area contributed by atoms with Crippen LogP contribution < -0.4 is 0 Å². The predicted molar refractivity (Wildman–Crippen MR) is 136 cm³/mol. The highest BCUT2D eigenvalue weighted by molar-refractivity contribution is 7.46. The minimum absolute atomic E-state index is 0.0501. The molecule has 3 fully saturated rings. The van der Waals surface area contributed by atoms with Crippen LogP contribution in [0.25, 0.3) is 0 Å². The smallest absolute Gasteiger partial charge is 0.390 e. The summed E-state index contributed by atoms with van der Waals surface area (Å²) in [6.07, 6.45) is 3.43. The first-order valence-electron chi connectivity index (χ1n) is 13.6. The molecule has 0 heterocycles. The van der Waals surface area contributed by atoms with Gasteiger partial charge in [-0.1, -0.05) is 13.8 Å². The van der Waals surface area contributed by atoms with Crippen molar-refractivity contribution in [3.63, 3.8) is 0 Å². The summed E-state index contributed by atoms with van der Waals surface area (Å²) in [7, 11) is -4.84. The molecule has 9 atom stereocenters. The zero-order valence-corrected chi connectivity index (χ0v) is 23.6. The molecule has 0 radical (unpaired) electrons. The lowest BCUT2D eigenvalue weighted by Gasteiger charge is -2.60. The van der Waals surface area contributed by atoms with E-state index >= 15 is 0 Å². The van der Waals surface area contributed by atoms with Gasteiger partial charge in [0, 0.05) is 11.3 Å². The molecule has 9 nitrogen and oxygen atoms in total. The Morgan fingerprint density at radius 3 is 2.32 bits per heavy atom. The zero-order valence-electron chi connectivity index (χ0n) is 22.7. The molecule has 4 rings (SSSR count). The number of phosphoric acid groups is 1. The summed E-state index contributed by atoms with van der Waals surface area (Å²) in [5.74, 6) is -1.11. The van der Waals surface area contributed by atoms with Crippen LogP contribution in [-0.2, 0) is 13.9 Å². The fourth-order valence-corrected chi connectivity index (χ4v) is 9.25. The maximum atomic E-state index is 13.4. The summed E-state index contributed by atoms with van der Waals surface area (Å²) in [5.41, 5.74) is -3.90. The summed E-state index contributed by atoms with van der Waals surface area (Å²) in [4.78, 5) is 32.2. The third-order valence-corrected chi connectivity index (χ3v) is 11.1. The lowest BCUT2D eigenvalue weighted by atomic mass is 9.45. The van der Waals surface area contributed by atoms with E-state index < -0.39 is 53.6 Å². The molecule has 3 saturated carbocycles. The molecule has 212 valence electrons. The summed E-state index contributed by atoms with van der Waals surface area (Å²) >= 11 is 0. The Hall–Kier alpha value is -0.640. The van der Waals surface area contributed by atoms with Crippen molar-refractivity contribution in [3.05, 3.63) is 11.6 Å². The Morgan fingerprint density at radius 2 is 1.73 bits per heavy atom. The van der Waals surface area contributed by atoms with E-state index in [0.29, 0.717) is 50.5 Å². The first-order chi connectivity index (χ1) is 16.7. The molecule has 0 amide bonds. The van der Waals surface area contributed by atoms with Crippen molar-refractivity contribution in [1.82, 2.24) is 0 Å². The van der Waals surface area contributed by atoms with Gasteiger partial charge in [-0.3, -0.25) is 9.32 Å².